The highest BCUT2D eigenvalue weighted by Gasteiger charge is 2.22. The molecule has 0 saturated heterocycles. The van der Waals surface area contributed by atoms with E-state index in [1.807, 2.05) is 34.6 Å². The van der Waals surface area contributed by atoms with Crippen LogP contribution in [0.4, 0.5) is 4.39 Å². The Morgan fingerprint density at radius 2 is 2.24 bits per heavy atom. The normalized spacial score (nSPS) is 14.8. The minimum atomic E-state index is -0.360. The van der Waals surface area contributed by atoms with Gasteiger partial charge in [-0.3, -0.25) is 5.32 Å². The summed E-state index contributed by atoms with van der Waals surface area (Å²) >= 11 is 0. The lowest BCUT2D eigenvalue weighted by Gasteiger charge is -2.19. The van der Waals surface area contributed by atoms with Gasteiger partial charge in [0.2, 0.25) is 5.88 Å². The van der Waals surface area contributed by atoms with Crippen LogP contribution in [0.5, 0.6) is 5.88 Å². The molecule has 1 N–H and O–H groups in total. The van der Waals surface area contributed by atoms with Crippen LogP contribution in [0.3, 0.4) is 0 Å². The summed E-state index contributed by atoms with van der Waals surface area (Å²) in [5.41, 5.74) is 1.43. The molecule has 0 fully saturated rings. The average molecular weight is 341 g/mol. The molecule has 130 valence electrons. The number of nitrogens with one attached hydrogen (secondary N) is 1. The van der Waals surface area contributed by atoms with Gasteiger partial charge in [-0.25, -0.2) is 14.1 Å². The average Bonchev–Trinajstić information content (AvgIpc) is 3.22. The van der Waals surface area contributed by atoms with Crippen molar-refractivity contribution in [2.75, 3.05) is 6.61 Å². The minimum Gasteiger partial charge on any atom is -0.478 e. The van der Waals surface area contributed by atoms with Crippen LogP contribution < -0.4 is 10.1 Å². The van der Waals surface area contributed by atoms with Gasteiger partial charge in [0.05, 0.1) is 18.3 Å². The third-order valence-electron chi connectivity index (χ3n) is 4.38. The van der Waals surface area contributed by atoms with Gasteiger partial charge in [-0.2, -0.15) is 5.10 Å². The Hall–Kier alpha value is -2.67. The second-order valence-electron chi connectivity index (χ2n) is 6.13. The first-order valence-corrected chi connectivity index (χ1v) is 8.37. The highest BCUT2D eigenvalue weighted by molar-refractivity contribution is 5.27. The zero-order chi connectivity index (χ0) is 17.2. The van der Waals surface area contributed by atoms with Crippen LogP contribution in [0.2, 0.25) is 0 Å². The summed E-state index contributed by atoms with van der Waals surface area (Å²) in [5, 5.41) is 7.94. The fourth-order valence-corrected chi connectivity index (χ4v) is 3.12. The molecule has 3 aromatic rings. The molecule has 0 radical (unpaired) electrons. The van der Waals surface area contributed by atoms with Gasteiger partial charge in [-0.1, -0.05) is 18.2 Å². The van der Waals surface area contributed by atoms with Crippen molar-refractivity contribution in [1.29, 1.82) is 0 Å². The number of benzene rings is 1. The Balaban J connectivity index is 1.60. The Morgan fingerprint density at radius 3 is 3.00 bits per heavy atom. The minimum absolute atomic E-state index is 0.254. The summed E-state index contributed by atoms with van der Waals surface area (Å²) in [6.45, 7) is 2.09. The Morgan fingerprint density at radius 1 is 1.36 bits per heavy atom. The van der Waals surface area contributed by atoms with Crippen molar-refractivity contribution in [1.82, 2.24) is 24.6 Å². The summed E-state index contributed by atoms with van der Waals surface area (Å²) in [4.78, 5) is 4.39. The van der Waals surface area contributed by atoms with Crippen LogP contribution in [0.1, 0.15) is 29.5 Å². The van der Waals surface area contributed by atoms with Crippen molar-refractivity contribution in [3.05, 3.63) is 65.6 Å². The lowest BCUT2D eigenvalue weighted by molar-refractivity contribution is 0.230. The molecule has 7 heteroatoms. The van der Waals surface area contributed by atoms with Gasteiger partial charge in [0.1, 0.15) is 11.6 Å². The van der Waals surface area contributed by atoms with Crippen LogP contribution in [-0.2, 0) is 20.1 Å². The summed E-state index contributed by atoms with van der Waals surface area (Å²) in [6.07, 6.45) is 4.54. The smallest absolute Gasteiger partial charge is 0.212 e. The van der Waals surface area contributed by atoms with E-state index in [-0.39, 0.29) is 11.9 Å². The van der Waals surface area contributed by atoms with E-state index < -0.39 is 0 Å². The van der Waals surface area contributed by atoms with Crippen molar-refractivity contribution in [3.8, 4) is 5.88 Å². The zero-order valence-corrected chi connectivity index (χ0v) is 14.0. The highest BCUT2D eigenvalue weighted by atomic mass is 19.1. The van der Waals surface area contributed by atoms with Gasteiger partial charge < -0.3 is 9.30 Å². The predicted octanol–water partition coefficient (Wildman–Crippen LogP) is 2.42. The van der Waals surface area contributed by atoms with Gasteiger partial charge in [-0.05, 0) is 6.07 Å². The summed E-state index contributed by atoms with van der Waals surface area (Å²) < 4.78 is 23.7. The van der Waals surface area contributed by atoms with Gasteiger partial charge in [0.15, 0.2) is 0 Å². The number of aryl methyl sites for hydroxylation is 2. The van der Waals surface area contributed by atoms with E-state index in [0.29, 0.717) is 12.1 Å². The second-order valence-corrected chi connectivity index (χ2v) is 6.13. The molecule has 1 atom stereocenters. The van der Waals surface area contributed by atoms with Crippen LogP contribution in [0.25, 0.3) is 0 Å². The number of hydrogen-bond donors (Lipinski definition) is 1. The van der Waals surface area contributed by atoms with E-state index in [9.17, 15) is 4.39 Å². The molecule has 0 aliphatic carbocycles. The second kappa shape index (κ2) is 6.68. The molecule has 3 heterocycles. The molecule has 1 aromatic carbocycles. The first-order chi connectivity index (χ1) is 12.2. The number of halogens is 1. The van der Waals surface area contributed by atoms with Crippen molar-refractivity contribution in [2.45, 2.75) is 25.6 Å². The fourth-order valence-electron chi connectivity index (χ4n) is 3.12. The standard InChI is InChI=1S/C18H20FN5O/c1-23-9-7-20-18(23)17(14-5-2-3-6-15(14)19)21-12-13-11-16-24(22-13)8-4-10-25-16/h2-3,5-7,9,11,17,21H,4,8,10,12H2,1H3. The quantitative estimate of drug-likeness (QED) is 0.774. The highest BCUT2D eigenvalue weighted by Crippen LogP contribution is 2.24. The van der Waals surface area contributed by atoms with E-state index in [0.717, 1.165) is 37.0 Å². The maximum absolute atomic E-state index is 14.4. The summed E-state index contributed by atoms with van der Waals surface area (Å²) in [7, 11) is 1.90. The molecule has 1 aliphatic heterocycles. The molecule has 6 nitrogen and oxygen atoms in total. The first-order valence-electron chi connectivity index (χ1n) is 8.37. The number of fused-ring (bicyclic) bond motifs is 1. The van der Waals surface area contributed by atoms with Gasteiger partial charge >= 0.3 is 0 Å². The molecule has 25 heavy (non-hydrogen) atoms. The maximum atomic E-state index is 14.4. The number of ether oxygens (including phenoxy) is 1. The fraction of sp³-hybridized carbons (Fsp3) is 0.333. The van der Waals surface area contributed by atoms with Crippen LogP contribution >= 0.6 is 0 Å². The SMILES string of the molecule is Cn1ccnc1C(NCc1cc2n(n1)CCCO2)c1ccccc1F. The van der Waals surface area contributed by atoms with Crippen LogP contribution in [0, 0.1) is 5.82 Å². The third-order valence-corrected chi connectivity index (χ3v) is 4.38. The molecular formula is C18H20FN5O. The van der Waals surface area contributed by atoms with Crippen molar-refractivity contribution < 1.29 is 9.13 Å². The van der Waals surface area contributed by atoms with Crippen LogP contribution in [-0.4, -0.2) is 25.9 Å². The maximum Gasteiger partial charge on any atom is 0.212 e. The molecule has 4 rings (SSSR count). The lowest BCUT2D eigenvalue weighted by Crippen LogP contribution is -2.26. The predicted molar refractivity (Wildman–Crippen MR) is 90.6 cm³/mol. The first kappa shape index (κ1) is 15.8. The van der Waals surface area contributed by atoms with Gasteiger partial charge in [0.25, 0.3) is 0 Å². The van der Waals surface area contributed by atoms with Crippen molar-refractivity contribution in [3.63, 3.8) is 0 Å². The molecule has 0 spiro atoms. The number of rotatable bonds is 5. The van der Waals surface area contributed by atoms with Crippen LogP contribution in [0.15, 0.2) is 42.7 Å². The largest absolute Gasteiger partial charge is 0.478 e. The van der Waals surface area contributed by atoms with E-state index in [1.54, 1.807) is 18.3 Å². The summed E-state index contributed by atoms with van der Waals surface area (Å²) in [5.74, 6) is 1.29. The van der Waals surface area contributed by atoms with E-state index in [4.69, 9.17) is 4.74 Å². The van der Waals surface area contributed by atoms with Gasteiger partial charge in [0, 0.05) is 50.6 Å². The van der Waals surface area contributed by atoms with Gasteiger partial charge in [-0.15, -0.1) is 0 Å². The molecule has 1 aliphatic rings. The Labute approximate surface area is 145 Å². The van der Waals surface area contributed by atoms with E-state index >= 15 is 0 Å². The van der Waals surface area contributed by atoms with E-state index in [1.165, 1.54) is 6.07 Å². The number of imidazole rings is 1. The third kappa shape index (κ3) is 3.15. The Bertz CT molecular complexity index is 848. The molecule has 0 bridgehead atoms. The topological polar surface area (TPSA) is 56.9 Å². The number of hydrogen-bond acceptors (Lipinski definition) is 4. The van der Waals surface area contributed by atoms with Crippen molar-refractivity contribution >= 4 is 0 Å². The zero-order valence-electron chi connectivity index (χ0n) is 14.0. The molecule has 2 aromatic heterocycles. The Kier molecular flexibility index (Phi) is 4.23. The molecule has 0 saturated carbocycles. The lowest BCUT2D eigenvalue weighted by atomic mass is 10.1. The number of aromatic nitrogens is 4. The molecule has 0 amide bonds. The van der Waals surface area contributed by atoms with Crippen molar-refractivity contribution in [2.24, 2.45) is 7.05 Å². The molecular weight excluding hydrogens is 321 g/mol. The van der Waals surface area contributed by atoms with E-state index in [2.05, 4.69) is 15.4 Å². The molecule has 1 unspecified atom stereocenters. The number of nitrogens with zero attached hydrogens (tertiary/aromatic N) is 4. The monoisotopic (exact) mass is 341 g/mol. The summed E-state index contributed by atoms with van der Waals surface area (Å²) in [6, 6.07) is 8.34.